The lowest BCUT2D eigenvalue weighted by atomic mass is 9.89. The molecule has 2 fully saturated rings. The standard InChI is InChI=1S/C24H25ClN4O.ClH/c25-18-9-7-16(8-10-18)22-19-4-1-2-5-20(19)23(28-27-22)17-11-14-29(15-12-17)24(30)21-6-3-13-26-21;/h1-2,4-5,7-10,17,21,26H,3,6,11-15H2;1H. The Labute approximate surface area is 193 Å². The zero-order chi connectivity index (χ0) is 20.5. The van der Waals surface area contributed by atoms with E-state index < -0.39 is 0 Å². The number of carbonyl (C=O) groups excluding carboxylic acids is 1. The van der Waals surface area contributed by atoms with Crippen LogP contribution < -0.4 is 5.32 Å². The molecule has 0 spiro atoms. The first-order valence-corrected chi connectivity index (χ1v) is 11.1. The molecule has 1 N–H and O–H groups in total. The predicted octanol–water partition coefficient (Wildman–Crippen LogP) is 4.83. The van der Waals surface area contributed by atoms with Crippen molar-refractivity contribution in [3.8, 4) is 11.3 Å². The third-order valence-electron chi connectivity index (χ3n) is 6.39. The Balaban J connectivity index is 0.00000231. The van der Waals surface area contributed by atoms with Crippen LogP contribution >= 0.6 is 24.0 Å². The van der Waals surface area contributed by atoms with Gasteiger partial charge in [0.1, 0.15) is 5.69 Å². The van der Waals surface area contributed by atoms with Crippen LogP contribution in [0.15, 0.2) is 48.5 Å². The number of aromatic nitrogens is 2. The molecule has 3 aromatic rings. The number of benzene rings is 2. The number of piperidine rings is 1. The van der Waals surface area contributed by atoms with Crippen LogP contribution in [0.2, 0.25) is 5.02 Å². The van der Waals surface area contributed by atoms with Crippen LogP contribution in [0.5, 0.6) is 0 Å². The van der Waals surface area contributed by atoms with Crippen molar-refractivity contribution in [3.63, 3.8) is 0 Å². The third-order valence-corrected chi connectivity index (χ3v) is 6.64. The van der Waals surface area contributed by atoms with Gasteiger partial charge in [-0.3, -0.25) is 4.79 Å². The number of hydrogen-bond donors (Lipinski definition) is 1. The monoisotopic (exact) mass is 456 g/mol. The van der Waals surface area contributed by atoms with Gasteiger partial charge in [0.2, 0.25) is 5.91 Å². The van der Waals surface area contributed by atoms with Gasteiger partial charge in [0.15, 0.2) is 0 Å². The van der Waals surface area contributed by atoms with Crippen LogP contribution in [-0.2, 0) is 4.79 Å². The molecule has 5 rings (SSSR count). The van der Waals surface area contributed by atoms with Crippen molar-refractivity contribution in [3.05, 3.63) is 59.2 Å². The fourth-order valence-corrected chi connectivity index (χ4v) is 4.86. The number of nitrogens with one attached hydrogen (secondary N) is 1. The van der Waals surface area contributed by atoms with Crippen LogP contribution in [0.4, 0.5) is 0 Å². The number of amides is 1. The summed E-state index contributed by atoms with van der Waals surface area (Å²) in [6, 6.07) is 16.1. The molecule has 1 aromatic heterocycles. The van der Waals surface area contributed by atoms with Crippen molar-refractivity contribution in [2.75, 3.05) is 19.6 Å². The number of carbonyl (C=O) groups is 1. The van der Waals surface area contributed by atoms with Crippen molar-refractivity contribution in [1.29, 1.82) is 0 Å². The number of rotatable bonds is 3. The maximum atomic E-state index is 12.7. The van der Waals surface area contributed by atoms with E-state index in [0.717, 1.165) is 73.0 Å². The molecule has 0 bridgehead atoms. The molecular formula is C24H26Cl2N4O. The van der Waals surface area contributed by atoms with Crippen molar-refractivity contribution in [2.45, 2.75) is 37.6 Å². The highest BCUT2D eigenvalue weighted by atomic mass is 35.5. The first-order chi connectivity index (χ1) is 14.7. The lowest BCUT2D eigenvalue weighted by Gasteiger charge is -2.33. The molecule has 0 aliphatic carbocycles. The molecule has 1 unspecified atom stereocenters. The molecule has 1 amide bonds. The van der Waals surface area contributed by atoms with Gasteiger partial charge in [0.25, 0.3) is 0 Å². The lowest BCUT2D eigenvalue weighted by molar-refractivity contribution is -0.134. The fraction of sp³-hybridized carbons (Fsp3) is 0.375. The van der Waals surface area contributed by atoms with Gasteiger partial charge in [-0.25, -0.2) is 0 Å². The second-order valence-corrected chi connectivity index (χ2v) is 8.67. The maximum Gasteiger partial charge on any atom is 0.239 e. The molecule has 162 valence electrons. The summed E-state index contributed by atoms with van der Waals surface area (Å²) < 4.78 is 0. The maximum absolute atomic E-state index is 12.7. The Morgan fingerprint density at radius 1 is 0.968 bits per heavy atom. The number of likely N-dealkylation sites (tertiary alicyclic amines) is 1. The molecule has 0 radical (unpaired) electrons. The normalized spacial score (nSPS) is 19.4. The molecule has 1 atom stereocenters. The van der Waals surface area contributed by atoms with Gasteiger partial charge < -0.3 is 10.2 Å². The van der Waals surface area contributed by atoms with Crippen LogP contribution in [-0.4, -0.2) is 46.7 Å². The summed E-state index contributed by atoms with van der Waals surface area (Å²) in [5, 5.41) is 15.6. The van der Waals surface area contributed by atoms with Crippen molar-refractivity contribution >= 4 is 40.7 Å². The summed E-state index contributed by atoms with van der Waals surface area (Å²) in [7, 11) is 0. The van der Waals surface area contributed by atoms with E-state index in [9.17, 15) is 4.79 Å². The van der Waals surface area contributed by atoms with Gasteiger partial charge in [-0.05, 0) is 44.4 Å². The van der Waals surface area contributed by atoms with E-state index >= 15 is 0 Å². The zero-order valence-electron chi connectivity index (χ0n) is 17.3. The summed E-state index contributed by atoms with van der Waals surface area (Å²) in [6.45, 7) is 2.53. The van der Waals surface area contributed by atoms with Gasteiger partial charge >= 0.3 is 0 Å². The Hall–Kier alpha value is -2.21. The van der Waals surface area contributed by atoms with E-state index in [1.165, 1.54) is 0 Å². The summed E-state index contributed by atoms with van der Waals surface area (Å²) in [6.07, 6.45) is 3.91. The first-order valence-electron chi connectivity index (χ1n) is 10.7. The van der Waals surface area contributed by atoms with Crippen molar-refractivity contribution in [2.24, 2.45) is 0 Å². The number of halogens is 2. The van der Waals surface area contributed by atoms with Gasteiger partial charge in [-0.1, -0.05) is 48.0 Å². The second kappa shape index (κ2) is 9.51. The summed E-state index contributed by atoms with van der Waals surface area (Å²) >= 11 is 6.05. The van der Waals surface area contributed by atoms with Gasteiger partial charge in [0, 0.05) is 40.4 Å². The Bertz CT molecular complexity index is 1060. The average molecular weight is 457 g/mol. The molecular weight excluding hydrogens is 431 g/mol. The first kappa shape index (κ1) is 22.0. The highest BCUT2D eigenvalue weighted by Crippen LogP contribution is 2.35. The molecule has 31 heavy (non-hydrogen) atoms. The summed E-state index contributed by atoms with van der Waals surface area (Å²) in [4.78, 5) is 14.7. The molecule has 2 aliphatic heterocycles. The minimum absolute atomic E-state index is 0. The van der Waals surface area contributed by atoms with Gasteiger partial charge in [-0.2, -0.15) is 5.10 Å². The highest BCUT2D eigenvalue weighted by molar-refractivity contribution is 6.30. The Morgan fingerprint density at radius 3 is 2.35 bits per heavy atom. The van der Waals surface area contributed by atoms with E-state index in [1.54, 1.807) is 0 Å². The van der Waals surface area contributed by atoms with E-state index in [-0.39, 0.29) is 24.4 Å². The fourth-order valence-electron chi connectivity index (χ4n) is 4.74. The zero-order valence-corrected chi connectivity index (χ0v) is 18.8. The number of fused-ring (bicyclic) bond motifs is 1. The second-order valence-electron chi connectivity index (χ2n) is 8.23. The molecule has 2 aliphatic rings. The minimum atomic E-state index is 0. The molecule has 3 heterocycles. The SMILES string of the molecule is Cl.O=C(C1CCCN1)N1CCC(c2nnc(-c3ccc(Cl)cc3)c3ccccc23)CC1. The van der Waals surface area contributed by atoms with E-state index in [1.807, 2.05) is 35.2 Å². The van der Waals surface area contributed by atoms with Gasteiger partial charge in [0.05, 0.1) is 11.7 Å². The molecule has 5 nitrogen and oxygen atoms in total. The average Bonchev–Trinajstić information content (AvgIpc) is 3.34. The smallest absolute Gasteiger partial charge is 0.239 e. The predicted molar refractivity (Wildman–Crippen MR) is 127 cm³/mol. The largest absolute Gasteiger partial charge is 0.341 e. The molecule has 2 aromatic carbocycles. The van der Waals surface area contributed by atoms with Crippen molar-refractivity contribution in [1.82, 2.24) is 20.4 Å². The molecule has 0 saturated carbocycles. The lowest BCUT2D eigenvalue weighted by Crippen LogP contribution is -2.46. The van der Waals surface area contributed by atoms with Crippen molar-refractivity contribution < 1.29 is 4.79 Å². The van der Waals surface area contributed by atoms with Crippen LogP contribution in [0.1, 0.15) is 37.3 Å². The van der Waals surface area contributed by atoms with Gasteiger partial charge in [-0.15, -0.1) is 17.5 Å². The topological polar surface area (TPSA) is 58.1 Å². The Kier molecular flexibility index (Phi) is 6.75. The molecule has 2 saturated heterocycles. The number of nitrogens with zero attached hydrogens (tertiary/aromatic N) is 3. The van der Waals surface area contributed by atoms with Crippen LogP contribution in [0.3, 0.4) is 0 Å². The number of hydrogen-bond acceptors (Lipinski definition) is 4. The minimum Gasteiger partial charge on any atom is -0.341 e. The van der Waals surface area contributed by atoms with E-state index in [2.05, 4.69) is 33.7 Å². The quantitative estimate of drug-likeness (QED) is 0.612. The molecule has 7 heteroatoms. The summed E-state index contributed by atoms with van der Waals surface area (Å²) in [5.41, 5.74) is 2.94. The Morgan fingerprint density at radius 2 is 1.68 bits per heavy atom. The third kappa shape index (κ3) is 4.40. The van der Waals surface area contributed by atoms with E-state index in [0.29, 0.717) is 10.9 Å². The summed E-state index contributed by atoms with van der Waals surface area (Å²) in [5.74, 6) is 0.585. The van der Waals surface area contributed by atoms with Crippen LogP contribution in [0, 0.1) is 0 Å². The van der Waals surface area contributed by atoms with E-state index in [4.69, 9.17) is 11.6 Å². The van der Waals surface area contributed by atoms with Crippen LogP contribution in [0.25, 0.3) is 22.0 Å². The highest BCUT2D eigenvalue weighted by Gasteiger charge is 2.31.